The smallest absolute Gasteiger partial charge is 0.261 e. The average Bonchev–Trinajstić information content (AvgIpc) is 1.75. The molecule has 0 radical (unpaired) electrons. The van der Waals surface area contributed by atoms with Crippen LogP contribution in [0.4, 0.5) is 43.4 Å². The molecule has 0 spiro atoms. The number of anilines is 3. The zero-order valence-corrected chi connectivity index (χ0v) is 59.0. The lowest BCUT2D eigenvalue weighted by atomic mass is 10.00. The first kappa shape index (κ1) is 74.2. The van der Waals surface area contributed by atoms with Gasteiger partial charge in [0.05, 0.1) is 61.3 Å². The number of aromatic amines is 3. The number of carbonyl (C=O) groups is 3. The van der Waals surface area contributed by atoms with E-state index in [4.69, 9.17) is 13.9 Å². The minimum Gasteiger partial charge on any atom is -0.491 e. The Labute approximate surface area is 606 Å². The third-order valence-corrected chi connectivity index (χ3v) is 20.9. The second-order valence-electron chi connectivity index (χ2n) is 24.1. The van der Waals surface area contributed by atoms with E-state index in [1.165, 1.54) is 85.8 Å². The second-order valence-corrected chi connectivity index (χ2v) is 29.1. The standard InChI is InChI=1S/C30H25F2N3O5S.C24H15F2N3O4S.C23H19F2N3O3S/c1-18-3-9-22(10-4-18)41(37,38)35-26-12-11-25(31)27(28(26)32)29(36)24-17-34-30-23(24)15-20(16-33-30)19-5-7-21(8-6-19)40-14-13-39-2;25-18-9-10-19(22(26)21(18)23(30)17-13-28-24-16(17)3-1-11-27-24)29-34(31,32)15-7-5-14(6-8-15)20-4-2-12-33-20;1-13(2)14-5-7-15(8-6-14)32(30,31)28-19-10-9-18(24)20(21(19)25)22(29)17-12-27-23-16(17)4-3-11-26-23/h3-12,15-17,35H,13-14H2,1-2H3,(H,33,34);1-13,29H,(H,27,28);3-13,28H,1-2H3,(H,26,27). The van der Waals surface area contributed by atoms with Crippen LogP contribution in [-0.4, -0.2) is 92.8 Å². The predicted octanol–water partition coefficient (Wildman–Crippen LogP) is 16.0. The minimum atomic E-state index is -4.24. The Morgan fingerprint density at radius 1 is 0.467 bits per heavy atom. The van der Waals surface area contributed by atoms with Crippen LogP contribution < -0.4 is 18.9 Å². The van der Waals surface area contributed by atoms with Crippen molar-refractivity contribution < 1.29 is 79.9 Å². The van der Waals surface area contributed by atoms with Gasteiger partial charge in [0, 0.05) is 88.3 Å². The van der Waals surface area contributed by atoms with Crippen molar-refractivity contribution in [2.45, 2.75) is 41.4 Å². The largest absolute Gasteiger partial charge is 0.491 e. The van der Waals surface area contributed by atoms with Gasteiger partial charge in [0.25, 0.3) is 30.1 Å². The molecule has 0 aliphatic heterocycles. The number of nitrogens with zero attached hydrogens (tertiary/aromatic N) is 3. The van der Waals surface area contributed by atoms with Crippen LogP contribution in [0.15, 0.2) is 238 Å². The number of furan rings is 1. The van der Waals surface area contributed by atoms with E-state index in [0.29, 0.717) is 69.0 Å². The molecule has 0 saturated heterocycles. The predicted molar refractivity (Wildman–Crippen MR) is 389 cm³/mol. The lowest BCUT2D eigenvalue weighted by molar-refractivity contribution is 0.102. The maximum atomic E-state index is 15.5. The first-order valence-corrected chi connectivity index (χ1v) is 36.7. The molecular weight excluding hydrogens is 1450 g/mol. The van der Waals surface area contributed by atoms with Crippen molar-refractivity contribution in [3.63, 3.8) is 0 Å². The first-order chi connectivity index (χ1) is 51.2. The van der Waals surface area contributed by atoms with Crippen molar-refractivity contribution in [1.29, 1.82) is 0 Å². The molecule has 0 saturated carbocycles. The number of sulfonamides is 3. The SMILES string of the molecule is CC(C)c1ccc(S(=O)(=O)Nc2ccc(F)c(C(=O)c3c[nH]c4ncccc34)c2F)cc1.COCCOc1ccc(-c2cnc3[nH]cc(C(=O)c4c(F)ccc(NS(=O)(=O)c5ccc(C)cc5)c4F)c3c2)cc1.O=C(c1c(F)ccc(NS(=O)(=O)c2ccc(-c3ccco3)cc2)c1F)c1c[nH]c2ncccc12. The highest BCUT2D eigenvalue weighted by molar-refractivity contribution is 7.93. The third kappa shape index (κ3) is 16.0. The summed E-state index contributed by atoms with van der Waals surface area (Å²) in [6.45, 7) is 6.59. The molecule has 14 aromatic rings. The number of pyridine rings is 3. The van der Waals surface area contributed by atoms with Gasteiger partial charge in [0.15, 0.2) is 17.5 Å². The highest BCUT2D eigenvalue weighted by Crippen LogP contribution is 2.35. The van der Waals surface area contributed by atoms with Gasteiger partial charge in [-0.15, -0.1) is 0 Å². The van der Waals surface area contributed by atoms with Gasteiger partial charge in [0.2, 0.25) is 17.3 Å². The molecule has 0 aliphatic rings. The van der Waals surface area contributed by atoms with Crippen LogP contribution in [-0.2, 0) is 34.8 Å². The van der Waals surface area contributed by atoms with Crippen LogP contribution in [0.25, 0.3) is 55.6 Å². The van der Waals surface area contributed by atoms with E-state index in [1.807, 2.05) is 26.0 Å². The molecule has 0 unspecified atom stereocenters. The molecule has 0 aliphatic carbocycles. The number of methoxy groups -OCH3 is 1. The minimum absolute atomic E-state index is 0.00872. The summed E-state index contributed by atoms with van der Waals surface area (Å²) in [4.78, 5) is 59.9. The summed E-state index contributed by atoms with van der Waals surface area (Å²) in [5.74, 6) is -8.72. The molecule has 6 N–H and O–H groups in total. The Morgan fingerprint density at radius 3 is 1.30 bits per heavy atom. The topological polar surface area (TPSA) is 307 Å². The number of fused-ring (bicyclic) bond motifs is 3. The monoisotopic (exact) mass is 1510 g/mol. The molecule has 0 atom stereocenters. The van der Waals surface area contributed by atoms with E-state index in [2.05, 4.69) is 44.1 Å². The van der Waals surface area contributed by atoms with E-state index in [1.54, 1.807) is 99.1 Å². The third-order valence-electron chi connectivity index (χ3n) is 16.8. The summed E-state index contributed by atoms with van der Waals surface area (Å²) in [6.07, 6.45) is 10.0. The quantitative estimate of drug-likeness (QED) is 0.0209. The number of hydrogen-bond acceptors (Lipinski definition) is 15. The summed E-state index contributed by atoms with van der Waals surface area (Å²) in [5, 5.41) is 1.12. The molecule has 0 bridgehead atoms. The number of aryl methyl sites for hydroxylation is 1. The molecule has 544 valence electrons. The van der Waals surface area contributed by atoms with E-state index >= 15 is 13.2 Å². The van der Waals surface area contributed by atoms with Crippen molar-refractivity contribution in [2.75, 3.05) is 34.5 Å². The number of ketones is 3. The first-order valence-electron chi connectivity index (χ1n) is 32.2. The number of aromatic nitrogens is 6. The van der Waals surface area contributed by atoms with Crippen LogP contribution in [0, 0.1) is 41.8 Å². The number of ether oxygens (including phenoxy) is 2. The van der Waals surface area contributed by atoms with Crippen molar-refractivity contribution in [3.8, 4) is 28.2 Å². The van der Waals surface area contributed by atoms with Crippen molar-refractivity contribution in [1.82, 2.24) is 29.9 Å². The summed E-state index contributed by atoms with van der Waals surface area (Å²) in [6, 6.07) is 41.8. The Morgan fingerprint density at radius 2 is 0.879 bits per heavy atom. The van der Waals surface area contributed by atoms with Crippen LogP contribution >= 0.6 is 0 Å². The molecule has 30 heteroatoms. The number of hydrogen-bond donors (Lipinski definition) is 6. The van der Waals surface area contributed by atoms with E-state index < -0.39 is 116 Å². The van der Waals surface area contributed by atoms with Crippen LogP contribution in [0.2, 0.25) is 0 Å². The van der Waals surface area contributed by atoms with Gasteiger partial charge in [-0.3, -0.25) is 28.5 Å². The summed E-state index contributed by atoms with van der Waals surface area (Å²) >= 11 is 0. The van der Waals surface area contributed by atoms with E-state index in [9.17, 15) is 52.8 Å². The molecule has 107 heavy (non-hydrogen) atoms. The maximum Gasteiger partial charge on any atom is 0.261 e. The van der Waals surface area contributed by atoms with Gasteiger partial charge in [-0.05, 0) is 163 Å². The number of benzene rings is 7. The number of rotatable bonds is 22. The highest BCUT2D eigenvalue weighted by Gasteiger charge is 2.31. The van der Waals surface area contributed by atoms with Crippen molar-refractivity contribution >= 4 is 97.6 Å². The van der Waals surface area contributed by atoms with Gasteiger partial charge >= 0.3 is 0 Å². The Kier molecular flexibility index (Phi) is 21.5. The Balaban J connectivity index is 0.000000151. The lowest BCUT2D eigenvalue weighted by Gasteiger charge is -2.13. The van der Waals surface area contributed by atoms with Gasteiger partial charge in [0.1, 0.15) is 52.5 Å². The van der Waals surface area contributed by atoms with Gasteiger partial charge in [-0.1, -0.05) is 55.8 Å². The fraction of sp³-hybridized carbons (Fsp3) is 0.0909. The van der Waals surface area contributed by atoms with Crippen LogP contribution in [0.1, 0.15) is 78.7 Å². The Bertz CT molecular complexity index is 6060. The van der Waals surface area contributed by atoms with E-state index in [-0.39, 0.29) is 37.3 Å². The number of nitrogens with one attached hydrogen (secondary N) is 6. The fourth-order valence-corrected chi connectivity index (χ4v) is 14.3. The molecule has 7 heterocycles. The number of carbonyl (C=O) groups excluding carboxylic acids is 3. The highest BCUT2D eigenvalue weighted by atomic mass is 32.2. The molecule has 0 fully saturated rings. The Hall–Kier alpha value is -12.5. The average molecular weight is 1510 g/mol. The zero-order chi connectivity index (χ0) is 76.1. The molecule has 7 aromatic carbocycles. The summed E-state index contributed by atoms with van der Waals surface area (Å²) < 4.78 is 189. The molecule has 0 amide bonds. The van der Waals surface area contributed by atoms with Crippen molar-refractivity contribution in [3.05, 3.63) is 299 Å². The fourth-order valence-electron chi connectivity index (χ4n) is 11.1. The summed E-state index contributed by atoms with van der Waals surface area (Å²) in [5.41, 5.74) is 0.726. The number of halogens is 6. The second kappa shape index (κ2) is 31.0. The lowest BCUT2D eigenvalue weighted by Crippen LogP contribution is -2.16. The maximum absolute atomic E-state index is 15.5. The van der Waals surface area contributed by atoms with Gasteiger partial charge in [-0.25, -0.2) is 66.5 Å². The zero-order valence-electron chi connectivity index (χ0n) is 56.5. The molecule has 7 aromatic heterocycles. The number of H-pyrrole nitrogens is 3. The van der Waals surface area contributed by atoms with Crippen LogP contribution in [0.3, 0.4) is 0 Å². The van der Waals surface area contributed by atoms with Gasteiger partial charge < -0.3 is 28.8 Å². The molecule has 14 rings (SSSR count). The summed E-state index contributed by atoms with van der Waals surface area (Å²) in [7, 11) is -11.0. The van der Waals surface area contributed by atoms with E-state index in [0.717, 1.165) is 53.1 Å². The van der Waals surface area contributed by atoms with Crippen LogP contribution in [0.5, 0.6) is 5.75 Å². The normalized spacial score (nSPS) is 11.6. The molecular formula is C77H59F6N9O12S3. The van der Waals surface area contributed by atoms with Crippen molar-refractivity contribution in [2.24, 2.45) is 0 Å². The molecule has 21 nitrogen and oxygen atoms in total. The van der Waals surface area contributed by atoms with Gasteiger partial charge in [-0.2, -0.15) is 0 Å².